The first-order chi connectivity index (χ1) is 16.1. The van der Waals surface area contributed by atoms with E-state index in [9.17, 15) is 22.8 Å². The van der Waals surface area contributed by atoms with Gasteiger partial charge in [0.25, 0.3) is 5.91 Å². The van der Waals surface area contributed by atoms with Gasteiger partial charge in [0, 0.05) is 31.4 Å². The van der Waals surface area contributed by atoms with Crippen molar-refractivity contribution >= 4 is 44.1 Å². The summed E-state index contributed by atoms with van der Waals surface area (Å²) in [4.78, 5) is 39.8. The van der Waals surface area contributed by atoms with Crippen LogP contribution >= 0.6 is 11.3 Å². The largest absolute Gasteiger partial charge is 0.365 e. The van der Waals surface area contributed by atoms with Gasteiger partial charge in [0.15, 0.2) is 0 Å². The Morgan fingerprint density at radius 3 is 2.50 bits per heavy atom. The number of nitrogens with two attached hydrogens (primary N) is 1. The molecule has 182 valence electrons. The fraction of sp³-hybridized carbons (Fsp3) is 0.435. The standard InChI is InChI=1S/C23H28N4O5S2/c1-14-5-7-17(8-6-14)34(31,32)27-10-3-4-16(12-27)22(30)25-23-20(21(24)29)18-9-11-26(15(2)28)13-19(18)33-23/h5-8,16H,3-4,9-13H2,1-2H3,(H2,24,29)(H,25,30). The number of sulfonamides is 1. The number of anilines is 1. The van der Waals surface area contributed by atoms with Crippen LogP contribution in [-0.4, -0.2) is 55.0 Å². The maximum Gasteiger partial charge on any atom is 0.251 e. The Labute approximate surface area is 203 Å². The van der Waals surface area contributed by atoms with Gasteiger partial charge in [-0.1, -0.05) is 17.7 Å². The summed E-state index contributed by atoms with van der Waals surface area (Å²) < 4.78 is 27.5. The predicted molar refractivity (Wildman–Crippen MR) is 129 cm³/mol. The van der Waals surface area contributed by atoms with Gasteiger partial charge in [-0.25, -0.2) is 8.42 Å². The molecule has 4 rings (SSSR count). The highest BCUT2D eigenvalue weighted by atomic mass is 32.2. The van der Waals surface area contributed by atoms with Crippen molar-refractivity contribution in [2.75, 3.05) is 25.0 Å². The highest BCUT2D eigenvalue weighted by Crippen LogP contribution is 2.37. The summed E-state index contributed by atoms with van der Waals surface area (Å²) in [5, 5.41) is 3.20. The van der Waals surface area contributed by atoms with Gasteiger partial charge >= 0.3 is 0 Å². The molecule has 3 N–H and O–H groups in total. The van der Waals surface area contributed by atoms with E-state index in [1.54, 1.807) is 29.2 Å². The van der Waals surface area contributed by atoms with Crippen molar-refractivity contribution < 1.29 is 22.8 Å². The number of hydrogen-bond acceptors (Lipinski definition) is 6. The van der Waals surface area contributed by atoms with Crippen LogP contribution in [0.1, 0.15) is 46.1 Å². The van der Waals surface area contributed by atoms with Crippen molar-refractivity contribution in [3.05, 3.63) is 45.8 Å². The molecule has 3 heterocycles. The van der Waals surface area contributed by atoms with Gasteiger partial charge in [0.05, 0.1) is 22.9 Å². The summed E-state index contributed by atoms with van der Waals surface area (Å²) in [5.74, 6) is -1.57. The van der Waals surface area contributed by atoms with Crippen molar-refractivity contribution in [1.29, 1.82) is 0 Å². The molecule has 1 fully saturated rings. The first-order valence-electron chi connectivity index (χ1n) is 11.2. The van der Waals surface area contributed by atoms with Crippen LogP contribution in [0.2, 0.25) is 0 Å². The molecule has 1 atom stereocenters. The van der Waals surface area contributed by atoms with E-state index in [0.717, 1.165) is 16.0 Å². The molecule has 2 aliphatic heterocycles. The van der Waals surface area contributed by atoms with E-state index in [0.29, 0.717) is 43.9 Å². The molecule has 0 saturated carbocycles. The molecule has 3 amide bonds. The molecule has 1 aromatic carbocycles. The number of amides is 3. The van der Waals surface area contributed by atoms with Crippen LogP contribution in [0.4, 0.5) is 5.00 Å². The zero-order valence-electron chi connectivity index (χ0n) is 19.2. The van der Waals surface area contributed by atoms with E-state index in [1.807, 2.05) is 6.92 Å². The quantitative estimate of drug-likeness (QED) is 0.644. The van der Waals surface area contributed by atoms with Gasteiger partial charge in [-0.15, -0.1) is 11.3 Å². The van der Waals surface area contributed by atoms with Crippen molar-refractivity contribution in [1.82, 2.24) is 9.21 Å². The minimum Gasteiger partial charge on any atom is -0.365 e. The number of thiophene rings is 1. The summed E-state index contributed by atoms with van der Waals surface area (Å²) in [6, 6.07) is 6.65. The van der Waals surface area contributed by atoms with Gasteiger partial charge in [-0.05, 0) is 43.9 Å². The number of nitrogens with zero attached hydrogens (tertiary/aromatic N) is 2. The first-order valence-corrected chi connectivity index (χ1v) is 13.4. The number of rotatable bonds is 5. The van der Waals surface area contributed by atoms with Gasteiger partial charge in [0.1, 0.15) is 5.00 Å². The van der Waals surface area contributed by atoms with Crippen LogP contribution in [0, 0.1) is 12.8 Å². The lowest BCUT2D eigenvalue weighted by Gasteiger charge is -2.31. The van der Waals surface area contributed by atoms with Crippen LogP contribution in [0.15, 0.2) is 29.2 Å². The number of hydrogen-bond donors (Lipinski definition) is 2. The van der Waals surface area contributed by atoms with E-state index in [1.165, 1.54) is 22.6 Å². The van der Waals surface area contributed by atoms with E-state index < -0.39 is 21.8 Å². The molecule has 1 unspecified atom stereocenters. The molecular formula is C23H28N4O5S2. The molecule has 2 aromatic rings. The first kappa shape index (κ1) is 24.4. The number of benzene rings is 1. The summed E-state index contributed by atoms with van der Waals surface area (Å²) in [5.41, 5.74) is 7.66. The zero-order chi connectivity index (χ0) is 24.6. The number of fused-ring (bicyclic) bond motifs is 1. The second-order valence-corrected chi connectivity index (χ2v) is 11.8. The van der Waals surface area contributed by atoms with Crippen LogP contribution in [-0.2, 0) is 32.6 Å². The highest BCUT2D eigenvalue weighted by molar-refractivity contribution is 7.89. The van der Waals surface area contributed by atoms with E-state index >= 15 is 0 Å². The molecule has 11 heteroatoms. The molecule has 0 bridgehead atoms. The minimum atomic E-state index is -3.71. The Balaban J connectivity index is 1.52. The number of aryl methyl sites for hydroxylation is 1. The monoisotopic (exact) mass is 504 g/mol. The lowest BCUT2D eigenvalue weighted by Crippen LogP contribution is -2.43. The number of carbonyl (C=O) groups is 3. The van der Waals surface area contributed by atoms with E-state index in [-0.39, 0.29) is 28.8 Å². The summed E-state index contributed by atoms with van der Waals surface area (Å²) in [6.45, 7) is 4.66. The Morgan fingerprint density at radius 2 is 1.85 bits per heavy atom. The average Bonchev–Trinajstić information content (AvgIpc) is 3.16. The average molecular weight is 505 g/mol. The fourth-order valence-electron chi connectivity index (χ4n) is 4.47. The van der Waals surface area contributed by atoms with Gasteiger partial charge in [0.2, 0.25) is 21.8 Å². The molecule has 2 aliphatic rings. The molecule has 0 aliphatic carbocycles. The van der Waals surface area contributed by atoms with Gasteiger partial charge in [-0.2, -0.15) is 4.31 Å². The second-order valence-electron chi connectivity index (χ2n) is 8.77. The normalized spacial score (nSPS) is 18.9. The van der Waals surface area contributed by atoms with Gasteiger partial charge in [-0.3, -0.25) is 14.4 Å². The maximum absolute atomic E-state index is 13.1. The molecule has 0 radical (unpaired) electrons. The summed E-state index contributed by atoms with van der Waals surface area (Å²) >= 11 is 1.25. The van der Waals surface area contributed by atoms with Crippen molar-refractivity contribution in [3.8, 4) is 0 Å². The Kier molecular flexibility index (Phi) is 6.79. The van der Waals surface area contributed by atoms with Crippen molar-refractivity contribution in [2.24, 2.45) is 11.7 Å². The number of primary amides is 1. The third-order valence-corrected chi connectivity index (χ3v) is 9.41. The van der Waals surface area contributed by atoms with Gasteiger partial charge < -0.3 is 16.0 Å². The Bertz CT molecular complexity index is 1240. The number of piperidine rings is 1. The van der Waals surface area contributed by atoms with Crippen LogP contribution in [0.25, 0.3) is 0 Å². The lowest BCUT2D eigenvalue weighted by atomic mass is 9.98. The highest BCUT2D eigenvalue weighted by Gasteiger charge is 2.35. The van der Waals surface area contributed by atoms with Crippen LogP contribution in [0.5, 0.6) is 0 Å². The molecule has 34 heavy (non-hydrogen) atoms. The zero-order valence-corrected chi connectivity index (χ0v) is 20.8. The lowest BCUT2D eigenvalue weighted by molar-refractivity contribution is -0.129. The second kappa shape index (κ2) is 9.47. The van der Waals surface area contributed by atoms with E-state index in [4.69, 9.17) is 5.73 Å². The number of nitrogens with one attached hydrogen (secondary N) is 1. The molecule has 9 nitrogen and oxygen atoms in total. The summed E-state index contributed by atoms with van der Waals surface area (Å²) in [6.07, 6.45) is 1.59. The summed E-state index contributed by atoms with van der Waals surface area (Å²) in [7, 11) is -3.71. The minimum absolute atomic E-state index is 0.0534. The molecule has 1 saturated heterocycles. The topological polar surface area (TPSA) is 130 Å². The van der Waals surface area contributed by atoms with Crippen LogP contribution < -0.4 is 11.1 Å². The Morgan fingerprint density at radius 1 is 1.15 bits per heavy atom. The number of carbonyl (C=O) groups excluding carboxylic acids is 3. The SMILES string of the molecule is CC(=O)N1CCc2c(sc(NC(=O)C3CCCN(S(=O)(=O)c4ccc(C)cc4)C3)c2C(N)=O)C1. The predicted octanol–water partition coefficient (Wildman–Crippen LogP) is 2.10. The van der Waals surface area contributed by atoms with Crippen molar-refractivity contribution in [2.45, 2.75) is 44.6 Å². The molecular weight excluding hydrogens is 476 g/mol. The molecule has 1 aromatic heterocycles. The maximum atomic E-state index is 13.1. The molecule has 0 spiro atoms. The Hall–Kier alpha value is -2.76. The smallest absolute Gasteiger partial charge is 0.251 e. The fourth-order valence-corrected chi connectivity index (χ4v) is 7.26. The third kappa shape index (κ3) is 4.73. The van der Waals surface area contributed by atoms with Crippen LogP contribution in [0.3, 0.4) is 0 Å². The van der Waals surface area contributed by atoms with Crippen molar-refractivity contribution in [3.63, 3.8) is 0 Å². The van der Waals surface area contributed by atoms with E-state index in [2.05, 4.69) is 5.32 Å². The third-order valence-electron chi connectivity index (χ3n) is 6.40.